The third-order valence-corrected chi connectivity index (χ3v) is 11.3. The molecule has 1 heterocycles. The van der Waals surface area contributed by atoms with E-state index in [1.165, 1.54) is 82.8 Å². The number of amides is 1. The number of nitrogens with zero attached hydrogens (tertiary/aromatic N) is 2. The molecule has 5 rings (SSSR count). The third-order valence-electron chi connectivity index (χ3n) is 11.3. The van der Waals surface area contributed by atoms with E-state index in [1.807, 2.05) is 17.5 Å². The molecule has 34 heavy (non-hydrogen) atoms. The molecule has 3 saturated carbocycles. The molecule has 7 unspecified atom stereocenters. The lowest BCUT2D eigenvalue weighted by atomic mass is 9.47. The van der Waals surface area contributed by atoms with Crippen LogP contribution in [-0.2, 0) is 4.79 Å². The molecule has 0 aromatic heterocycles. The van der Waals surface area contributed by atoms with Gasteiger partial charge in [-0.1, -0.05) is 38.3 Å². The number of hydrogen-bond acceptors (Lipinski definition) is 3. The number of allylic oxidation sites excluding steroid dienone is 2. The first kappa shape index (κ1) is 24.5. The van der Waals surface area contributed by atoms with E-state index < -0.39 is 0 Å². The van der Waals surface area contributed by atoms with Crippen LogP contribution in [0.5, 0.6) is 0 Å². The summed E-state index contributed by atoms with van der Waals surface area (Å²) in [5, 5.41) is 3.56. The third kappa shape index (κ3) is 4.31. The number of fused-ring (bicyclic) bond motifs is 5. The molecule has 1 aliphatic heterocycles. The van der Waals surface area contributed by atoms with Gasteiger partial charge < -0.3 is 10.2 Å². The molecule has 0 bridgehead atoms. The summed E-state index contributed by atoms with van der Waals surface area (Å²) >= 11 is 0. The molecule has 1 saturated heterocycles. The Balaban J connectivity index is 1.23. The molecule has 4 nitrogen and oxygen atoms in total. The summed E-state index contributed by atoms with van der Waals surface area (Å²) in [5.41, 5.74) is 3.90. The van der Waals surface area contributed by atoms with Crippen molar-refractivity contribution >= 4 is 11.6 Å². The molecule has 1 amide bonds. The molecule has 7 atom stereocenters. The van der Waals surface area contributed by atoms with Crippen LogP contribution >= 0.6 is 0 Å². The molecule has 5 aliphatic rings. The van der Waals surface area contributed by atoms with E-state index in [-0.39, 0.29) is 5.91 Å². The molecule has 4 heteroatoms. The van der Waals surface area contributed by atoms with E-state index in [1.54, 1.807) is 0 Å². The first-order chi connectivity index (χ1) is 16.3. The van der Waals surface area contributed by atoms with Gasteiger partial charge in [0.2, 0.25) is 5.91 Å². The molecule has 0 aromatic rings. The van der Waals surface area contributed by atoms with Gasteiger partial charge in [0.1, 0.15) is 6.54 Å². The quantitative estimate of drug-likeness (QED) is 0.397. The predicted molar refractivity (Wildman–Crippen MR) is 141 cm³/mol. The van der Waals surface area contributed by atoms with E-state index in [9.17, 15) is 4.79 Å². The second-order valence-electron chi connectivity index (χ2n) is 13.0. The van der Waals surface area contributed by atoms with Crippen LogP contribution in [0, 0.1) is 34.5 Å². The number of carbonyl (C=O) groups excluding carboxylic acids is 1. The van der Waals surface area contributed by atoms with Crippen molar-refractivity contribution in [2.45, 2.75) is 104 Å². The molecule has 0 aromatic carbocycles. The van der Waals surface area contributed by atoms with Crippen LogP contribution < -0.4 is 5.32 Å². The van der Waals surface area contributed by atoms with Crippen molar-refractivity contribution in [3.63, 3.8) is 0 Å². The van der Waals surface area contributed by atoms with Gasteiger partial charge in [0.05, 0.1) is 0 Å². The maximum Gasteiger partial charge on any atom is 0.244 e. The van der Waals surface area contributed by atoms with Crippen molar-refractivity contribution in [1.29, 1.82) is 0 Å². The smallest absolute Gasteiger partial charge is 0.244 e. The molecule has 4 fully saturated rings. The lowest BCUT2D eigenvalue weighted by Crippen LogP contribution is -2.50. The number of nitrogens with one attached hydrogen (secondary N) is 1. The first-order valence-electron chi connectivity index (χ1n) is 14.5. The highest BCUT2D eigenvalue weighted by Crippen LogP contribution is 2.66. The van der Waals surface area contributed by atoms with Gasteiger partial charge in [-0.05, 0) is 106 Å². The summed E-state index contributed by atoms with van der Waals surface area (Å²) in [7, 11) is 1.95. The summed E-state index contributed by atoms with van der Waals surface area (Å²) in [6, 6.07) is 0.452. The average Bonchev–Trinajstić information content (AvgIpc) is 3.20. The van der Waals surface area contributed by atoms with Gasteiger partial charge in [-0.15, -0.1) is 0 Å². The summed E-state index contributed by atoms with van der Waals surface area (Å²) in [5.74, 6) is 3.31. The fourth-order valence-corrected chi connectivity index (χ4v) is 9.32. The van der Waals surface area contributed by atoms with Gasteiger partial charge in [-0.3, -0.25) is 9.79 Å². The Morgan fingerprint density at radius 1 is 1.09 bits per heavy atom. The van der Waals surface area contributed by atoms with E-state index >= 15 is 0 Å². The van der Waals surface area contributed by atoms with Gasteiger partial charge in [0.15, 0.2) is 0 Å². The second kappa shape index (κ2) is 9.71. The summed E-state index contributed by atoms with van der Waals surface area (Å²) in [6.07, 6.45) is 18.7. The van der Waals surface area contributed by atoms with Gasteiger partial charge in [-0.2, -0.15) is 0 Å². The van der Waals surface area contributed by atoms with Crippen LogP contribution in [0.4, 0.5) is 0 Å². The number of piperidine rings is 1. The highest BCUT2D eigenvalue weighted by molar-refractivity contribution is 5.88. The van der Waals surface area contributed by atoms with Gasteiger partial charge in [0.25, 0.3) is 0 Å². The monoisotopic (exact) mass is 467 g/mol. The zero-order valence-corrected chi connectivity index (χ0v) is 22.4. The zero-order valence-electron chi connectivity index (χ0n) is 22.4. The van der Waals surface area contributed by atoms with E-state index in [4.69, 9.17) is 4.99 Å². The molecule has 0 spiro atoms. The highest BCUT2D eigenvalue weighted by Gasteiger charge is 2.58. The van der Waals surface area contributed by atoms with E-state index in [0.29, 0.717) is 29.3 Å². The maximum absolute atomic E-state index is 12.8. The van der Waals surface area contributed by atoms with E-state index in [2.05, 4.69) is 32.2 Å². The van der Waals surface area contributed by atoms with Crippen LogP contribution in [0.3, 0.4) is 0 Å². The van der Waals surface area contributed by atoms with Gasteiger partial charge in [-0.25, -0.2) is 0 Å². The minimum Gasteiger partial charge on any atom is -0.343 e. The number of hydrogen-bond donors (Lipinski definition) is 1. The number of carbonyl (C=O) groups is 1. The molecule has 4 aliphatic carbocycles. The average molecular weight is 468 g/mol. The fourth-order valence-electron chi connectivity index (χ4n) is 9.32. The minimum atomic E-state index is 0.172. The normalized spacial score (nSPS) is 42.3. The molecular formula is C30H49N3O. The number of likely N-dealkylation sites (N-methyl/N-ethyl adjacent to an activating group) is 1. The Morgan fingerprint density at radius 3 is 2.74 bits per heavy atom. The highest BCUT2D eigenvalue weighted by atomic mass is 16.2. The van der Waals surface area contributed by atoms with Crippen molar-refractivity contribution in [1.82, 2.24) is 10.2 Å². The second-order valence-corrected chi connectivity index (χ2v) is 13.0. The van der Waals surface area contributed by atoms with Crippen molar-refractivity contribution in [2.24, 2.45) is 39.5 Å². The molecule has 0 radical (unpaired) electrons. The maximum atomic E-state index is 12.8. The van der Waals surface area contributed by atoms with Crippen molar-refractivity contribution in [2.75, 3.05) is 26.7 Å². The lowest BCUT2D eigenvalue weighted by Gasteiger charge is -2.57. The molecule has 190 valence electrons. The number of aliphatic imine (C=N–C) groups is 1. The van der Waals surface area contributed by atoms with Crippen LogP contribution in [0.15, 0.2) is 16.6 Å². The van der Waals surface area contributed by atoms with E-state index in [0.717, 1.165) is 30.8 Å². The van der Waals surface area contributed by atoms with Gasteiger partial charge in [0, 0.05) is 31.3 Å². The lowest BCUT2D eigenvalue weighted by molar-refractivity contribution is -0.128. The summed E-state index contributed by atoms with van der Waals surface area (Å²) < 4.78 is 0. The minimum absolute atomic E-state index is 0.172. The summed E-state index contributed by atoms with van der Waals surface area (Å²) in [4.78, 5) is 19.7. The van der Waals surface area contributed by atoms with Crippen molar-refractivity contribution < 1.29 is 4.79 Å². The standard InChI is InChI=1S/C30H49N3O/c1-21(32-19-28(34)33(4)20-23-10-6-8-18-31-23)25-13-14-26-24-12-11-22-9-5-7-16-29(22,2)27(24)15-17-30(25,26)3/h11,23-27,31H,5-10,12-20H2,1-4H3. The van der Waals surface area contributed by atoms with Crippen LogP contribution in [0.1, 0.15) is 97.8 Å². The topological polar surface area (TPSA) is 44.7 Å². The van der Waals surface area contributed by atoms with Crippen molar-refractivity contribution in [3.8, 4) is 0 Å². The van der Waals surface area contributed by atoms with Gasteiger partial charge >= 0.3 is 0 Å². The van der Waals surface area contributed by atoms with Crippen LogP contribution in [0.2, 0.25) is 0 Å². The Hall–Kier alpha value is -1.16. The molecular weight excluding hydrogens is 418 g/mol. The number of rotatable bonds is 5. The van der Waals surface area contributed by atoms with Crippen LogP contribution in [-0.4, -0.2) is 49.2 Å². The first-order valence-corrected chi connectivity index (χ1v) is 14.5. The van der Waals surface area contributed by atoms with Crippen molar-refractivity contribution in [3.05, 3.63) is 11.6 Å². The summed E-state index contributed by atoms with van der Waals surface area (Å²) in [6.45, 7) is 9.64. The SMILES string of the molecule is CC(=NCC(=O)N(C)CC1CCCCN1)C1CCC2C3CC=C4CCCCC4(C)C3CCC12C. The Kier molecular flexibility index (Phi) is 7.01. The Morgan fingerprint density at radius 2 is 1.94 bits per heavy atom. The predicted octanol–water partition coefficient (Wildman–Crippen LogP) is 6.02. The molecule has 1 N–H and O–H groups in total. The Labute approximate surface area is 208 Å². The Bertz CT molecular complexity index is 827. The zero-order chi connectivity index (χ0) is 23.9. The largest absolute Gasteiger partial charge is 0.343 e. The van der Waals surface area contributed by atoms with Crippen LogP contribution in [0.25, 0.3) is 0 Å². The fraction of sp³-hybridized carbons (Fsp3) is 0.867.